The van der Waals surface area contributed by atoms with Crippen LogP contribution in [0.1, 0.15) is 31.8 Å². The Morgan fingerprint density at radius 2 is 1.54 bits per heavy atom. The van der Waals surface area contributed by atoms with Crippen LogP contribution in [0.25, 0.3) is 0 Å². The Labute approximate surface area is 139 Å². The molecule has 0 fully saturated rings. The lowest BCUT2D eigenvalue weighted by molar-refractivity contribution is -0.143. The largest absolute Gasteiger partial charge is 0.464 e. The summed E-state index contributed by atoms with van der Waals surface area (Å²) in [7, 11) is 0. The molecule has 3 rings (SSSR count). The van der Waals surface area contributed by atoms with Gasteiger partial charge in [-0.3, -0.25) is 19.3 Å². The summed E-state index contributed by atoms with van der Waals surface area (Å²) < 4.78 is 5.17. The van der Waals surface area contributed by atoms with Gasteiger partial charge in [-0.1, -0.05) is 36.4 Å². The fraction of sp³-hybridized carbons (Fsp3) is 0.211. The molecule has 0 bridgehead atoms. The Hall–Kier alpha value is -2.95. The van der Waals surface area contributed by atoms with Gasteiger partial charge in [-0.25, -0.2) is 0 Å². The lowest BCUT2D eigenvalue weighted by atomic mass is 10.1. The monoisotopic (exact) mass is 323 g/mol. The van der Waals surface area contributed by atoms with Crippen LogP contribution in [-0.2, 0) is 16.0 Å². The number of nitrogens with zero attached hydrogens (tertiary/aromatic N) is 1. The van der Waals surface area contributed by atoms with Gasteiger partial charge in [0.05, 0.1) is 24.1 Å². The van der Waals surface area contributed by atoms with E-state index in [0.717, 1.165) is 16.0 Å². The average molecular weight is 323 g/mol. The smallest absolute Gasteiger partial charge is 0.310 e. The molecule has 1 heterocycles. The first-order chi connectivity index (χ1) is 11.6. The number of hydrogen-bond donors (Lipinski definition) is 0. The minimum Gasteiger partial charge on any atom is -0.464 e. The fourth-order valence-corrected chi connectivity index (χ4v) is 2.71. The van der Waals surface area contributed by atoms with Crippen LogP contribution in [0.2, 0.25) is 0 Å². The molecule has 0 saturated carbocycles. The van der Waals surface area contributed by atoms with E-state index in [1.54, 1.807) is 24.3 Å². The minimum atomic E-state index is -0.374. The van der Waals surface area contributed by atoms with Crippen molar-refractivity contribution in [3.05, 3.63) is 70.8 Å². The van der Waals surface area contributed by atoms with Crippen LogP contribution >= 0.6 is 0 Å². The highest BCUT2D eigenvalue weighted by molar-refractivity contribution is 6.21. The molecule has 2 aromatic rings. The average Bonchev–Trinajstić information content (AvgIpc) is 2.82. The third-order valence-electron chi connectivity index (χ3n) is 4.05. The maximum absolute atomic E-state index is 12.2. The number of esters is 1. The molecular weight excluding hydrogens is 306 g/mol. The molecule has 0 unspecified atom stereocenters. The van der Waals surface area contributed by atoms with E-state index in [4.69, 9.17) is 4.74 Å². The van der Waals surface area contributed by atoms with Gasteiger partial charge in [-0.05, 0) is 30.2 Å². The minimum absolute atomic E-state index is 0.00379. The molecule has 0 spiro atoms. The van der Waals surface area contributed by atoms with Crippen LogP contribution in [0.4, 0.5) is 0 Å². The molecule has 24 heavy (non-hydrogen) atoms. The van der Waals surface area contributed by atoms with Crippen molar-refractivity contribution < 1.29 is 19.1 Å². The van der Waals surface area contributed by atoms with Crippen molar-refractivity contribution >= 4 is 17.8 Å². The molecule has 5 heteroatoms. The van der Waals surface area contributed by atoms with Gasteiger partial charge >= 0.3 is 5.97 Å². The SMILES string of the molecule is Cc1ccccc1CC(=O)OCCN1C(=O)c2ccccc2C1=O. The number of fused-ring (bicyclic) bond motifs is 1. The number of amides is 2. The van der Waals surface area contributed by atoms with Crippen molar-refractivity contribution in [3.63, 3.8) is 0 Å². The summed E-state index contributed by atoms with van der Waals surface area (Å²) in [4.78, 5) is 37.4. The number of rotatable bonds is 5. The standard InChI is InChI=1S/C19H17NO4/c1-13-6-2-3-7-14(13)12-17(21)24-11-10-20-18(22)15-8-4-5-9-16(15)19(20)23/h2-9H,10-12H2,1H3. The lowest BCUT2D eigenvalue weighted by Gasteiger charge is -2.14. The number of carbonyl (C=O) groups excluding carboxylic acids is 3. The molecule has 1 aliphatic heterocycles. The third-order valence-corrected chi connectivity index (χ3v) is 4.05. The molecule has 5 nitrogen and oxygen atoms in total. The highest BCUT2D eigenvalue weighted by Crippen LogP contribution is 2.21. The van der Waals surface area contributed by atoms with E-state index in [1.165, 1.54) is 0 Å². The number of ether oxygens (including phenoxy) is 1. The highest BCUT2D eigenvalue weighted by Gasteiger charge is 2.34. The number of benzene rings is 2. The predicted molar refractivity (Wildman–Crippen MR) is 87.7 cm³/mol. The topological polar surface area (TPSA) is 63.7 Å². The summed E-state index contributed by atoms with van der Waals surface area (Å²) >= 11 is 0. The van der Waals surface area contributed by atoms with E-state index in [2.05, 4.69) is 0 Å². The van der Waals surface area contributed by atoms with Gasteiger partial charge in [0.1, 0.15) is 6.61 Å². The number of carbonyl (C=O) groups is 3. The first-order valence-corrected chi connectivity index (χ1v) is 7.73. The van der Waals surface area contributed by atoms with E-state index in [1.807, 2.05) is 31.2 Å². The summed E-state index contributed by atoms with van der Waals surface area (Å²) in [6, 6.07) is 14.3. The molecule has 0 radical (unpaired) electrons. The number of hydrogen-bond acceptors (Lipinski definition) is 4. The molecule has 2 aromatic carbocycles. The summed E-state index contributed by atoms with van der Waals surface area (Å²) in [6.07, 6.45) is 0.175. The van der Waals surface area contributed by atoms with E-state index in [9.17, 15) is 14.4 Å². The normalized spacial score (nSPS) is 13.1. The van der Waals surface area contributed by atoms with Crippen molar-refractivity contribution in [2.75, 3.05) is 13.2 Å². The fourth-order valence-electron chi connectivity index (χ4n) is 2.71. The molecular formula is C19H17NO4. The molecule has 1 aliphatic rings. The van der Waals surface area contributed by atoms with Gasteiger partial charge in [0.15, 0.2) is 0 Å². The quantitative estimate of drug-likeness (QED) is 0.626. The van der Waals surface area contributed by atoms with Crippen LogP contribution in [-0.4, -0.2) is 35.8 Å². The van der Waals surface area contributed by atoms with Crippen LogP contribution in [0, 0.1) is 6.92 Å². The second kappa shape index (κ2) is 6.66. The van der Waals surface area contributed by atoms with E-state index in [0.29, 0.717) is 11.1 Å². The van der Waals surface area contributed by atoms with Gasteiger partial charge in [0, 0.05) is 0 Å². The van der Waals surface area contributed by atoms with Gasteiger partial charge in [0.25, 0.3) is 11.8 Å². The molecule has 0 atom stereocenters. The number of aryl methyl sites for hydroxylation is 1. The second-order valence-corrected chi connectivity index (χ2v) is 5.63. The van der Waals surface area contributed by atoms with E-state index < -0.39 is 0 Å². The van der Waals surface area contributed by atoms with Crippen LogP contribution < -0.4 is 0 Å². The summed E-state index contributed by atoms with van der Waals surface area (Å²) in [6.45, 7) is 1.99. The Bertz CT molecular complexity index is 778. The van der Waals surface area contributed by atoms with Crippen LogP contribution in [0.3, 0.4) is 0 Å². The molecule has 2 amide bonds. The Morgan fingerprint density at radius 3 is 2.17 bits per heavy atom. The molecule has 0 saturated heterocycles. The summed E-state index contributed by atoms with van der Waals surface area (Å²) in [5.41, 5.74) is 2.72. The molecule has 0 aromatic heterocycles. The van der Waals surface area contributed by atoms with Gasteiger partial charge < -0.3 is 4.74 Å². The van der Waals surface area contributed by atoms with E-state index in [-0.39, 0.29) is 37.4 Å². The molecule has 122 valence electrons. The molecule has 0 N–H and O–H groups in total. The second-order valence-electron chi connectivity index (χ2n) is 5.63. The first kappa shape index (κ1) is 15.9. The molecule has 0 aliphatic carbocycles. The Kier molecular flexibility index (Phi) is 4.42. The zero-order valence-electron chi connectivity index (χ0n) is 13.3. The maximum Gasteiger partial charge on any atom is 0.310 e. The zero-order valence-corrected chi connectivity index (χ0v) is 13.3. The van der Waals surface area contributed by atoms with Gasteiger partial charge in [-0.2, -0.15) is 0 Å². The first-order valence-electron chi connectivity index (χ1n) is 7.73. The van der Waals surface area contributed by atoms with Crippen molar-refractivity contribution in [2.45, 2.75) is 13.3 Å². The Morgan fingerprint density at radius 1 is 0.958 bits per heavy atom. The summed E-state index contributed by atoms with van der Waals surface area (Å²) in [5, 5.41) is 0. The van der Waals surface area contributed by atoms with Crippen molar-refractivity contribution in [2.24, 2.45) is 0 Å². The lowest BCUT2D eigenvalue weighted by Crippen LogP contribution is -2.33. The van der Waals surface area contributed by atoms with Crippen LogP contribution in [0.15, 0.2) is 48.5 Å². The predicted octanol–water partition coefficient (Wildman–Crippen LogP) is 2.38. The zero-order chi connectivity index (χ0) is 17.1. The maximum atomic E-state index is 12.2. The third kappa shape index (κ3) is 3.06. The summed E-state index contributed by atoms with van der Waals surface area (Å²) in [5.74, 6) is -1.06. The Balaban J connectivity index is 1.54. The van der Waals surface area contributed by atoms with E-state index >= 15 is 0 Å². The van der Waals surface area contributed by atoms with Crippen molar-refractivity contribution in [1.29, 1.82) is 0 Å². The van der Waals surface area contributed by atoms with Crippen LogP contribution in [0.5, 0.6) is 0 Å². The highest BCUT2D eigenvalue weighted by atomic mass is 16.5. The van der Waals surface area contributed by atoms with Gasteiger partial charge in [0.2, 0.25) is 0 Å². The van der Waals surface area contributed by atoms with Gasteiger partial charge in [-0.15, -0.1) is 0 Å². The van der Waals surface area contributed by atoms with Crippen molar-refractivity contribution in [3.8, 4) is 0 Å². The van der Waals surface area contributed by atoms with Crippen molar-refractivity contribution in [1.82, 2.24) is 4.90 Å². The number of imide groups is 1.